The fraction of sp³-hybridized carbons (Fsp3) is 0.136. The number of hydrogen-bond acceptors (Lipinski definition) is 4. The number of anilines is 1. The van der Waals surface area contributed by atoms with Crippen LogP contribution in [0, 0.1) is 0 Å². The Labute approximate surface area is 163 Å². The Morgan fingerprint density at radius 2 is 1.61 bits per heavy atom. The van der Waals surface area contributed by atoms with E-state index >= 15 is 0 Å². The maximum Gasteiger partial charge on any atom is 0.274 e. The lowest BCUT2D eigenvalue weighted by molar-refractivity contribution is 0.0949. The Bertz CT molecular complexity index is 958. The van der Waals surface area contributed by atoms with Gasteiger partial charge in [-0.05, 0) is 36.2 Å². The predicted octanol–water partition coefficient (Wildman–Crippen LogP) is 3.32. The molecule has 0 radical (unpaired) electrons. The van der Waals surface area contributed by atoms with E-state index in [0.717, 1.165) is 12.0 Å². The molecule has 6 heteroatoms. The SMILES string of the molecule is COc1cccc(NC(=O)c2cccc(C(=O)NCCc3ccccc3)n2)c1. The molecule has 1 heterocycles. The quantitative estimate of drug-likeness (QED) is 0.664. The van der Waals surface area contributed by atoms with Crippen LogP contribution in [0.5, 0.6) is 5.75 Å². The first kappa shape index (κ1) is 19.1. The summed E-state index contributed by atoms with van der Waals surface area (Å²) in [5.41, 5.74) is 2.09. The van der Waals surface area contributed by atoms with Crippen molar-refractivity contribution in [2.45, 2.75) is 6.42 Å². The zero-order chi connectivity index (χ0) is 19.8. The highest BCUT2D eigenvalue weighted by Crippen LogP contribution is 2.17. The molecule has 0 bridgehead atoms. The Morgan fingerprint density at radius 1 is 0.893 bits per heavy atom. The van der Waals surface area contributed by atoms with E-state index in [4.69, 9.17) is 4.74 Å². The Balaban J connectivity index is 1.60. The van der Waals surface area contributed by atoms with Gasteiger partial charge in [-0.25, -0.2) is 4.98 Å². The Kier molecular flexibility index (Phi) is 6.36. The van der Waals surface area contributed by atoms with Crippen molar-refractivity contribution in [1.82, 2.24) is 10.3 Å². The second-order valence-electron chi connectivity index (χ2n) is 6.09. The van der Waals surface area contributed by atoms with Gasteiger partial charge in [0.2, 0.25) is 0 Å². The minimum absolute atomic E-state index is 0.165. The summed E-state index contributed by atoms with van der Waals surface area (Å²) < 4.78 is 5.14. The second kappa shape index (κ2) is 9.32. The van der Waals surface area contributed by atoms with E-state index in [-0.39, 0.29) is 17.3 Å². The first-order chi connectivity index (χ1) is 13.7. The van der Waals surface area contributed by atoms with Gasteiger partial charge in [-0.2, -0.15) is 0 Å². The zero-order valence-electron chi connectivity index (χ0n) is 15.5. The van der Waals surface area contributed by atoms with Gasteiger partial charge in [-0.15, -0.1) is 0 Å². The lowest BCUT2D eigenvalue weighted by atomic mass is 10.1. The summed E-state index contributed by atoms with van der Waals surface area (Å²) in [5.74, 6) is -0.0727. The number of ether oxygens (including phenoxy) is 1. The third-order valence-electron chi connectivity index (χ3n) is 4.08. The third kappa shape index (κ3) is 5.17. The van der Waals surface area contributed by atoms with Crippen molar-refractivity contribution < 1.29 is 14.3 Å². The van der Waals surface area contributed by atoms with Gasteiger partial charge in [-0.1, -0.05) is 42.5 Å². The van der Waals surface area contributed by atoms with E-state index in [1.165, 1.54) is 0 Å². The predicted molar refractivity (Wildman–Crippen MR) is 108 cm³/mol. The number of pyridine rings is 1. The number of amides is 2. The molecule has 2 N–H and O–H groups in total. The summed E-state index contributed by atoms with van der Waals surface area (Å²) in [6.07, 6.45) is 0.725. The number of methoxy groups -OCH3 is 1. The molecule has 0 aliphatic heterocycles. The van der Waals surface area contributed by atoms with Gasteiger partial charge in [0.25, 0.3) is 11.8 Å². The molecule has 6 nitrogen and oxygen atoms in total. The molecule has 2 amide bonds. The van der Waals surface area contributed by atoms with Crippen LogP contribution in [0.25, 0.3) is 0 Å². The average Bonchev–Trinajstić information content (AvgIpc) is 2.74. The molecular formula is C22H21N3O3. The highest BCUT2D eigenvalue weighted by molar-refractivity contribution is 6.03. The topological polar surface area (TPSA) is 80.3 Å². The van der Waals surface area contributed by atoms with Crippen molar-refractivity contribution in [3.05, 3.63) is 89.7 Å². The number of carbonyl (C=O) groups is 2. The molecule has 0 atom stereocenters. The van der Waals surface area contributed by atoms with E-state index in [0.29, 0.717) is 18.0 Å². The van der Waals surface area contributed by atoms with E-state index in [1.807, 2.05) is 30.3 Å². The third-order valence-corrected chi connectivity index (χ3v) is 4.08. The van der Waals surface area contributed by atoms with Crippen LogP contribution < -0.4 is 15.4 Å². The molecule has 28 heavy (non-hydrogen) atoms. The molecule has 2 aromatic carbocycles. The number of nitrogens with one attached hydrogen (secondary N) is 2. The number of carbonyl (C=O) groups excluding carboxylic acids is 2. The van der Waals surface area contributed by atoms with Crippen molar-refractivity contribution >= 4 is 17.5 Å². The van der Waals surface area contributed by atoms with Crippen LogP contribution in [-0.4, -0.2) is 30.5 Å². The van der Waals surface area contributed by atoms with E-state index < -0.39 is 5.91 Å². The van der Waals surface area contributed by atoms with Crippen molar-refractivity contribution in [1.29, 1.82) is 0 Å². The van der Waals surface area contributed by atoms with Crippen LogP contribution in [-0.2, 0) is 6.42 Å². The smallest absolute Gasteiger partial charge is 0.274 e. The summed E-state index contributed by atoms with van der Waals surface area (Å²) in [6.45, 7) is 0.491. The molecule has 0 saturated heterocycles. The zero-order valence-corrected chi connectivity index (χ0v) is 15.5. The van der Waals surface area contributed by atoms with E-state index in [1.54, 1.807) is 49.6 Å². The molecule has 0 aliphatic rings. The minimum atomic E-state index is -0.396. The van der Waals surface area contributed by atoms with Gasteiger partial charge in [0.1, 0.15) is 17.1 Å². The van der Waals surface area contributed by atoms with Crippen molar-refractivity contribution in [2.75, 3.05) is 19.0 Å². The maximum atomic E-state index is 12.4. The Hall–Kier alpha value is -3.67. The van der Waals surface area contributed by atoms with Crippen molar-refractivity contribution in [3.8, 4) is 5.75 Å². The molecule has 0 spiro atoms. The number of hydrogen-bond donors (Lipinski definition) is 2. The van der Waals surface area contributed by atoms with Gasteiger partial charge in [0, 0.05) is 18.3 Å². The summed E-state index contributed by atoms with van der Waals surface area (Å²) >= 11 is 0. The molecular weight excluding hydrogens is 354 g/mol. The molecule has 0 fully saturated rings. The first-order valence-corrected chi connectivity index (χ1v) is 8.90. The fourth-order valence-electron chi connectivity index (χ4n) is 2.64. The first-order valence-electron chi connectivity index (χ1n) is 8.90. The van der Waals surface area contributed by atoms with Crippen LogP contribution >= 0.6 is 0 Å². The Morgan fingerprint density at radius 3 is 2.36 bits per heavy atom. The highest BCUT2D eigenvalue weighted by atomic mass is 16.5. The summed E-state index contributed by atoms with van der Waals surface area (Å²) in [6, 6.07) is 21.7. The van der Waals surface area contributed by atoms with Crippen LogP contribution in [0.4, 0.5) is 5.69 Å². The molecule has 0 aliphatic carbocycles. The van der Waals surface area contributed by atoms with Gasteiger partial charge < -0.3 is 15.4 Å². The summed E-state index contributed by atoms with van der Waals surface area (Å²) in [4.78, 5) is 29.0. The number of benzene rings is 2. The molecule has 0 unspecified atom stereocenters. The minimum Gasteiger partial charge on any atom is -0.497 e. The number of rotatable bonds is 7. The van der Waals surface area contributed by atoms with E-state index in [2.05, 4.69) is 15.6 Å². The lowest BCUT2D eigenvalue weighted by Crippen LogP contribution is -2.27. The summed E-state index contributed by atoms with van der Waals surface area (Å²) in [5, 5.41) is 5.58. The molecule has 3 aromatic rings. The molecule has 142 valence electrons. The lowest BCUT2D eigenvalue weighted by Gasteiger charge is -2.08. The maximum absolute atomic E-state index is 12.4. The molecule has 1 aromatic heterocycles. The summed E-state index contributed by atoms with van der Waals surface area (Å²) in [7, 11) is 1.56. The van der Waals surface area contributed by atoms with Crippen LogP contribution in [0.3, 0.4) is 0 Å². The molecule has 3 rings (SSSR count). The van der Waals surface area contributed by atoms with Gasteiger partial charge in [0.15, 0.2) is 0 Å². The number of nitrogens with zero attached hydrogens (tertiary/aromatic N) is 1. The standard InChI is InChI=1S/C22H21N3O3/c1-28-18-10-5-9-17(15-18)24-22(27)20-12-6-11-19(25-20)21(26)23-14-13-16-7-3-2-4-8-16/h2-12,15H,13-14H2,1H3,(H,23,26)(H,24,27). The second-order valence-corrected chi connectivity index (χ2v) is 6.09. The number of aromatic nitrogens is 1. The van der Waals surface area contributed by atoms with Gasteiger partial charge in [-0.3, -0.25) is 9.59 Å². The highest BCUT2D eigenvalue weighted by Gasteiger charge is 2.12. The van der Waals surface area contributed by atoms with Crippen LogP contribution in [0.1, 0.15) is 26.5 Å². The van der Waals surface area contributed by atoms with E-state index in [9.17, 15) is 9.59 Å². The normalized spacial score (nSPS) is 10.2. The van der Waals surface area contributed by atoms with Crippen LogP contribution in [0.15, 0.2) is 72.8 Å². The monoisotopic (exact) mass is 375 g/mol. The molecule has 0 saturated carbocycles. The fourth-order valence-corrected chi connectivity index (χ4v) is 2.64. The van der Waals surface area contributed by atoms with Gasteiger partial charge >= 0.3 is 0 Å². The van der Waals surface area contributed by atoms with Crippen molar-refractivity contribution in [3.63, 3.8) is 0 Å². The van der Waals surface area contributed by atoms with Crippen LogP contribution in [0.2, 0.25) is 0 Å². The largest absolute Gasteiger partial charge is 0.497 e. The van der Waals surface area contributed by atoms with Crippen molar-refractivity contribution in [2.24, 2.45) is 0 Å². The van der Waals surface area contributed by atoms with Gasteiger partial charge in [0.05, 0.1) is 7.11 Å². The average molecular weight is 375 g/mol.